The Hall–Kier alpha value is -4.23. The molecule has 10 nitrogen and oxygen atoms in total. The zero-order chi connectivity index (χ0) is 29.1. The van der Waals surface area contributed by atoms with Crippen LogP contribution >= 0.6 is 0 Å². The van der Waals surface area contributed by atoms with Gasteiger partial charge in [-0.3, -0.25) is 4.79 Å². The molecule has 3 heterocycles. The molecule has 5 rings (SSSR count). The first-order valence-electron chi connectivity index (χ1n) is 13.0. The average molecular weight is 572 g/mol. The molecule has 0 spiro atoms. The number of carboxylic acids is 1. The highest BCUT2D eigenvalue weighted by Crippen LogP contribution is 2.39. The van der Waals surface area contributed by atoms with Crippen LogP contribution in [0.4, 0.5) is 13.2 Å². The van der Waals surface area contributed by atoms with Gasteiger partial charge in [-0.2, -0.15) is 23.3 Å². The van der Waals surface area contributed by atoms with Crippen LogP contribution in [0.2, 0.25) is 0 Å². The monoisotopic (exact) mass is 571 g/mol. The highest BCUT2D eigenvalue weighted by atomic mass is 19.4. The van der Waals surface area contributed by atoms with E-state index in [2.05, 4.69) is 20.1 Å². The summed E-state index contributed by atoms with van der Waals surface area (Å²) in [5.74, 6) is -0.827. The largest absolute Gasteiger partial charge is 0.494 e. The Morgan fingerprint density at radius 1 is 1.20 bits per heavy atom. The Morgan fingerprint density at radius 3 is 2.66 bits per heavy atom. The van der Waals surface area contributed by atoms with Crippen molar-refractivity contribution in [3.8, 4) is 34.3 Å². The van der Waals surface area contributed by atoms with Gasteiger partial charge in [-0.05, 0) is 43.0 Å². The Balaban J connectivity index is 1.34. The number of aliphatic carboxylic acids is 1. The van der Waals surface area contributed by atoms with E-state index in [1.807, 2.05) is 0 Å². The fourth-order valence-corrected chi connectivity index (χ4v) is 5.15. The predicted molar refractivity (Wildman–Crippen MR) is 140 cm³/mol. The van der Waals surface area contributed by atoms with Gasteiger partial charge in [0.2, 0.25) is 5.82 Å². The Labute approximate surface area is 233 Å². The van der Waals surface area contributed by atoms with E-state index in [-0.39, 0.29) is 41.1 Å². The molecule has 0 bridgehead atoms. The number of piperidine rings is 1. The van der Waals surface area contributed by atoms with E-state index in [0.717, 1.165) is 30.3 Å². The molecule has 2 aromatic carbocycles. The Morgan fingerprint density at radius 2 is 1.95 bits per heavy atom. The topological polar surface area (TPSA) is 127 Å². The van der Waals surface area contributed by atoms with Gasteiger partial charge in [0.15, 0.2) is 5.69 Å². The molecule has 41 heavy (non-hydrogen) atoms. The standard InChI is InChI=1S/C28H28F3N5O5/c1-40-23-7-3-2-6-21(23)36-25(28(29,30)31)20(14-32-36)27-33-26(34-41-27)19-10-8-18(9-11-19)22(37)16-35-12-4-5-17(15-35)13-24(38)39/h2-3,6-11,14,17,22,37H,4-5,12-13,15-16H2,1H3,(H,38,39)/t17-,22-/m1/s1. The fourth-order valence-electron chi connectivity index (χ4n) is 5.15. The maximum absolute atomic E-state index is 14.2. The Bertz CT molecular complexity index is 1500. The molecular weight excluding hydrogens is 543 g/mol. The number of hydrogen-bond acceptors (Lipinski definition) is 8. The number of halogens is 3. The normalized spacial score (nSPS) is 17.0. The molecule has 0 amide bonds. The summed E-state index contributed by atoms with van der Waals surface area (Å²) in [6, 6.07) is 12.9. The number of aromatic nitrogens is 4. The first kappa shape index (κ1) is 28.3. The number of β-amino-alcohol motifs (C(OH)–C–C–N with tert-alkyl or cyclic N) is 1. The molecule has 2 atom stereocenters. The maximum atomic E-state index is 14.2. The molecule has 0 unspecified atom stereocenters. The molecule has 4 aromatic rings. The summed E-state index contributed by atoms with van der Waals surface area (Å²) in [5, 5.41) is 27.6. The molecule has 216 valence electrons. The maximum Gasteiger partial charge on any atom is 0.434 e. The van der Waals surface area contributed by atoms with Crippen LogP contribution in [0, 0.1) is 5.92 Å². The quantitative estimate of drug-likeness (QED) is 0.290. The van der Waals surface area contributed by atoms with Gasteiger partial charge in [-0.15, -0.1) is 0 Å². The summed E-state index contributed by atoms with van der Waals surface area (Å²) in [6.45, 7) is 1.75. The second kappa shape index (κ2) is 11.7. The van der Waals surface area contributed by atoms with Gasteiger partial charge in [0, 0.05) is 25.1 Å². The molecule has 1 aliphatic rings. The van der Waals surface area contributed by atoms with Crippen LogP contribution in [0.5, 0.6) is 5.75 Å². The van der Waals surface area contributed by atoms with Crippen molar-refractivity contribution in [2.45, 2.75) is 31.5 Å². The summed E-state index contributed by atoms with van der Waals surface area (Å²) in [6.07, 6.45) is -2.73. The van der Waals surface area contributed by atoms with Gasteiger partial charge < -0.3 is 24.4 Å². The minimum Gasteiger partial charge on any atom is -0.494 e. The van der Waals surface area contributed by atoms with Crippen LogP contribution in [-0.4, -0.2) is 67.7 Å². The number of likely N-dealkylation sites (tertiary alicyclic amines) is 1. The predicted octanol–water partition coefficient (Wildman–Crippen LogP) is 4.84. The molecule has 13 heteroatoms. The molecule has 0 radical (unpaired) electrons. The molecule has 1 aliphatic heterocycles. The molecule has 0 saturated carbocycles. The van der Waals surface area contributed by atoms with Gasteiger partial charge in [0.25, 0.3) is 5.89 Å². The van der Waals surface area contributed by atoms with Crippen molar-refractivity contribution in [1.29, 1.82) is 0 Å². The molecule has 2 N–H and O–H groups in total. The van der Waals surface area contributed by atoms with Crippen molar-refractivity contribution in [3.05, 3.63) is 66.0 Å². The molecule has 1 saturated heterocycles. The number of carboxylic acid groups (broad SMARTS) is 1. The number of hydrogen-bond donors (Lipinski definition) is 2. The van der Waals surface area contributed by atoms with Crippen molar-refractivity contribution in [2.24, 2.45) is 5.92 Å². The number of alkyl halides is 3. The smallest absolute Gasteiger partial charge is 0.434 e. The van der Waals surface area contributed by atoms with E-state index < -0.39 is 23.9 Å². The van der Waals surface area contributed by atoms with Gasteiger partial charge in [0.1, 0.15) is 11.4 Å². The lowest BCUT2D eigenvalue weighted by Crippen LogP contribution is -2.38. The number of rotatable bonds is 9. The number of carbonyl (C=O) groups is 1. The number of benzene rings is 2. The molecular formula is C28H28F3N5O5. The number of methoxy groups -OCH3 is 1. The SMILES string of the molecule is COc1ccccc1-n1ncc(-c2nc(-c3ccc([C@H](O)CN4CCC[C@H](CC(=O)O)C4)cc3)no2)c1C(F)(F)F. The van der Waals surface area contributed by atoms with E-state index in [1.54, 1.807) is 36.4 Å². The van der Waals surface area contributed by atoms with Gasteiger partial charge in [-0.25, -0.2) is 4.68 Å². The van der Waals surface area contributed by atoms with E-state index >= 15 is 0 Å². The minimum absolute atomic E-state index is 0.0583. The lowest BCUT2D eigenvalue weighted by Gasteiger charge is -2.33. The number of para-hydroxylation sites is 2. The van der Waals surface area contributed by atoms with Crippen LogP contribution in [0.1, 0.15) is 36.6 Å². The number of ether oxygens (including phenoxy) is 1. The highest BCUT2D eigenvalue weighted by Gasteiger charge is 2.41. The summed E-state index contributed by atoms with van der Waals surface area (Å²) in [7, 11) is 1.36. The lowest BCUT2D eigenvalue weighted by molar-refractivity contribution is -0.142. The summed E-state index contributed by atoms with van der Waals surface area (Å²) in [4.78, 5) is 17.3. The molecule has 0 aliphatic carbocycles. The van der Waals surface area contributed by atoms with Crippen LogP contribution in [0.15, 0.2) is 59.3 Å². The molecule has 1 fully saturated rings. The van der Waals surface area contributed by atoms with Crippen molar-refractivity contribution in [1.82, 2.24) is 24.8 Å². The number of aliphatic hydroxyl groups excluding tert-OH is 1. The van der Waals surface area contributed by atoms with Gasteiger partial charge in [-0.1, -0.05) is 41.6 Å². The zero-order valence-electron chi connectivity index (χ0n) is 22.1. The molecule has 2 aromatic heterocycles. The summed E-state index contributed by atoms with van der Waals surface area (Å²) < 4.78 is 53.8. The van der Waals surface area contributed by atoms with E-state index in [9.17, 15) is 23.1 Å². The van der Waals surface area contributed by atoms with E-state index in [4.69, 9.17) is 14.4 Å². The van der Waals surface area contributed by atoms with Gasteiger partial charge >= 0.3 is 12.1 Å². The summed E-state index contributed by atoms with van der Waals surface area (Å²) >= 11 is 0. The number of aliphatic hydroxyl groups is 1. The second-order valence-corrected chi connectivity index (χ2v) is 9.91. The van der Waals surface area contributed by atoms with E-state index in [0.29, 0.717) is 24.2 Å². The van der Waals surface area contributed by atoms with Crippen LogP contribution in [-0.2, 0) is 11.0 Å². The van der Waals surface area contributed by atoms with Crippen molar-refractivity contribution in [2.75, 3.05) is 26.7 Å². The second-order valence-electron chi connectivity index (χ2n) is 9.91. The van der Waals surface area contributed by atoms with E-state index in [1.165, 1.54) is 19.2 Å². The van der Waals surface area contributed by atoms with Crippen LogP contribution < -0.4 is 4.74 Å². The third-order valence-electron chi connectivity index (χ3n) is 7.06. The average Bonchev–Trinajstić information content (AvgIpc) is 3.61. The van der Waals surface area contributed by atoms with Crippen molar-refractivity contribution < 1.29 is 37.4 Å². The fraction of sp³-hybridized carbons (Fsp3) is 0.357. The minimum atomic E-state index is -4.79. The lowest BCUT2D eigenvalue weighted by atomic mass is 9.94. The van der Waals surface area contributed by atoms with Crippen molar-refractivity contribution >= 4 is 5.97 Å². The zero-order valence-corrected chi connectivity index (χ0v) is 22.1. The third-order valence-corrected chi connectivity index (χ3v) is 7.06. The number of nitrogens with zero attached hydrogens (tertiary/aromatic N) is 5. The first-order chi connectivity index (χ1) is 19.6. The third kappa shape index (κ3) is 6.25. The summed E-state index contributed by atoms with van der Waals surface area (Å²) in [5.41, 5.74) is -0.239. The van der Waals surface area contributed by atoms with Crippen LogP contribution in [0.25, 0.3) is 28.5 Å². The van der Waals surface area contributed by atoms with Crippen LogP contribution in [0.3, 0.4) is 0 Å². The first-order valence-corrected chi connectivity index (χ1v) is 13.0. The van der Waals surface area contributed by atoms with Gasteiger partial charge in [0.05, 0.1) is 25.0 Å². The van der Waals surface area contributed by atoms with Crippen molar-refractivity contribution in [3.63, 3.8) is 0 Å². The Kier molecular flexibility index (Phi) is 8.08. The highest BCUT2D eigenvalue weighted by molar-refractivity contribution is 5.67.